The number of hydrogen-bond acceptors (Lipinski definition) is 3. The molecular formula is C5H8O5. The fourth-order valence-electron chi connectivity index (χ4n) is 0.129. The first-order valence-electron chi connectivity index (χ1n) is 2.38. The van der Waals surface area contributed by atoms with Crippen LogP contribution in [0.4, 0.5) is 0 Å². The van der Waals surface area contributed by atoms with E-state index in [0.717, 1.165) is 6.29 Å². The van der Waals surface area contributed by atoms with Crippen molar-refractivity contribution in [1.82, 2.24) is 0 Å². The monoisotopic (exact) mass is 148 g/mol. The molecule has 0 spiro atoms. The Balaban J connectivity index is 0. The number of hydrogen-bond donors (Lipinski definition) is 2. The standard InChI is InChI=1S/C3H4O4.C2H4O/c4-2(5)1-3(6)7;1-2-3/h1H2,(H,4,5)(H,6,7);2H,1H3. The third-order valence-electron chi connectivity index (χ3n) is 0.302. The lowest BCUT2D eigenvalue weighted by molar-refractivity contribution is -0.147. The van der Waals surface area contributed by atoms with Crippen molar-refractivity contribution in [1.29, 1.82) is 0 Å². The van der Waals surface area contributed by atoms with Crippen LogP contribution in [0.5, 0.6) is 0 Å². The summed E-state index contributed by atoms with van der Waals surface area (Å²) in [7, 11) is 0. The molecule has 0 atom stereocenters. The van der Waals surface area contributed by atoms with Gasteiger partial charge in [-0.1, -0.05) is 0 Å². The van der Waals surface area contributed by atoms with Gasteiger partial charge in [-0.25, -0.2) is 0 Å². The second-order valence-corrected chi connectivity index (χ2v) is 1.20. The molecule has 10 heavy (non-hydrogen) atoms. The van der Waals surface area contributed by atoms with Crippen molar-refractivity contribution in [2.75, 3.05) is 0 Å². The first-order valence-corrected chi connectivity index (χ1v) is 2.38. The molecule has 0 aliphatic carbocycles. The van der Waals surface area contributed by atoms with Gasteiger partial charge in [0.25, 0.3) is 0 Å². The smallest absolute Gasteiger partial charge is 0.314 e. The molecule has 58 valence electrons. The molecule has 0 fully saturated rings. The van der Waals surface area contributed by atoms with Crippen molar-refractivity contribution in [3.05, 3.63) is 0 Å². The number of carbonyl (C=O) groups is 3. The van der Waals surface area contributed by atoms with Crippen molar-refractivity contribution < 1.29 is 24.6 Å². The van der Waals surface area contributed by atoms with Gasteiger partial charge in [0.2, 0.25) is 0 Å². The highest BCUT2D eigenvalue weighted by atomic mass is 16.4. The van der Waals surface area contributed by atoms with Crippen LogP contribution in [0, 0.1) is 0 Å². The lowest BCUT2D eigenvalue weighted by atomic mass is 10.5. The number of carboxylic acids is 2. The number of aldehydes is 1. The van der Waals surface area contributed by atoms with E-state index in [1.165, 1.54) is 6.92 Å². The lowest BCUT2D eigenvalue weighted by Crippen LogP contribution is -2.03. The van der Waals surface area contributed by atoms with Crippen molar-refractivity contribution in [3.63, 3.8) is 0 Å². The summed E-state index contributed by atoms with van der Waals surface area (Å²) in [5, 5.41) is 15.4. The highest BCUT2D eigenvalue weighted by molar-refractivity contribution is 5.88. The summed E-state index contributed by atoms with van der Waals surface area (Å²) in [5.41, 5.74) is 0. The highest BCUT2D eigenvalue weighted by Crippen LogP contribution is 1.74. The van der Waals surface area contributed by atoms with E-state index >= 15 is 0 Å². The summed E-state index contributed by atoms with van der Waals surface area (Å²) in [6.45, 7) is 1.44. The second-order valence-electron chi connectivity index (χ2n) is 1.20. The average molecular weight is 148 g/mol. The first-order chi connectivity index (χ1) is 4.54. The Hall–Kier alpha value is -1.39. The Morgan fingerprint density at radius 1 is 1.30 bits per heavy atom. The van der Waals surface area contributed by atoms with E-state index in [2.05, 4.69) is 0 Å². The van der Waals surface area contributed by atoms with E-state index in [1.807, 2.05) is 0 Å². The third-order valence-corrected chi connectivity index (χ3v) is 0.302. The van der Waals surface area contributed by atoms with Crippen LogP contribution in [0.2, 0.25) is 0 Å². The maximum absolute atomic E-state index is 9.43. The van der Waals surface area contributed by atoms with E-state index < -0.39 is 18.4 Å². The van der Waals surface area contributed by atoms with Gasteiger partial charge in [0.15, 0.2) is 0 Å². The summed E-state index contributed by atoms with van der Waals surface area (Å²) in [6, 6.07) is 0. The normalized spacial score (nSPS) is 6.90. The fourth-order valence-corrected chi connectivity index (χ4v) is 0.129. The van der Waals surface area contributed by atoms with Gasteiger partial charge in [0.1, 0.15) is 12.7 Å². The Bertz CT molecular complexity index is 116. The van der Waals surface area contributed by atoms with Gasteiger partial charge in [-0.3, -0.25) is 9.59 Å². The molecule has 0 saturated carbocycles. The van der Waals surface area contributed by atoms with Gasteiger partial charge in [-0.2, -0.15) is 0 Å². The summed E-state index contributed by atoms with van der Waals surface area (Å²) in [5.74, 6) is -2.62. The van der Waals surface area contributed by atoms with Crippen LogP contribution < -0.4 is 0 Å². The third kappa shape index (κ3) is 30.5. The molecule has 2 N–H and O–H groups in total. The predicted octanol–water partition coefficient (Wildman–Crippen LogP) is -0.249. The Kier molecular flexibility index (Phi) is 8.68. The topological polar surface area (TPSA) is 91.7 Å². The van der Waals surface area contributed by atoms with Crippen LogP contribution in [-0.4, -0.2) is 28.4 Å². The Morgan fingerprint density at radius 3 is 1.50 bits per heavy atom. The molecule has 0 bridgehead atoms. The van der Waals surface area contributed by atoms with Crippen molar-refractivity contribution >= 4 is 18.2 Å². The molecule has 0 rings (SSSR count). The maximum Gasteiger partial charge on any atom is 0.314 e. The van der Waals surface area contributed by atoms with E-state index in [0.29, 0.717) is 0 Å². The maximum atomic E-state index is 9.43. The summed E-state index contributed by atoms with van der Waals surface area (Å²) in [6.07, 6.45) is -0.0556. The summed E-state index contributed by atoms with van der Waals surface area (Å²) in [4.78, 5) is 27.7. The van der Waals surface area contributed by atoms with Crippen LogP contribution in [0.3, 0.4) is 0 Å². The molecule has 5 nitrogen and oxygen atoms in total. The highest BCUT2D eigenvalue weighted by Gasteiger charge is 2.01. The first kappa shape index (κ1) is 11.4. The zero-order chi connectivity index (χ0) is 8.57. The molecule has 0 radical (unpaired) electrons. The largest absolute Gasteiger partial charge is 0.481 e. The van der Waals surface area contributed by atoms with Gasteiger partial charge in [0, 0.05) is 0 Å². The lowest BCUT2D eigenvalue weighted by Gasteiger charge is -1.80. The summed E-state index contributed by atoms with van der Waals surface area (Å²) < 4.78 is 0. The molecule has 0 heterocycles. The number of carboxylic acid groups (broad SMARTS) is 2. The molecule has 0 aromatic rings. The molecule has 0 amide bonds. The van der Waals surface area contributed by atoms with Crippen LogP contribution in [0.25, 0.3) is 0 Å². The zero-order valence-electron chi connectivity index (χ0n) is 5.40. The van der Waals surface area contributed by atoms with Crippen molar-refractivity contribution in [2.45, 2.75) is 13.3 Å². The van der Waals surface area contributed by atoms with Crippen molar-refractivity contribution in [2.24, 2.45) is 0 Å². The number of carbonyl (C=O) groups excluding carboxylic acids is 1. The fraction of sp³-hybridized carbons (Fsp3) is 0.400. The van der Waals surface area contributed by atoms with Crippen molar-refractivity contribution in [3.8, 4) is 0 Å². The molecule has 0 aromatic carbocycles. The minimum Gasteiger partial charge on any atom is -0.481 e. The molecule has 0 aromatic heterocycles. The minimum absolute atomic E-state index is 0.750. The van der Waals surface area contributed by atoms with Crippen LogP contribution in [-0.2, 0) is 14.4 Å². The van der Waals surface area contributed by atoms with E-state index in [9.17, 15) is 9.59 Å². The van der Waals surface area contributed by atoms with Gasteiger partial charge in [0.05, 0.1) is 0 Å². The number of rotatable bonds is 2. The van der Waals surface area contributed by atoms with Crippen LogP contribution in [0.1, 0.15) is 13.3 Å². The summed E-state index contributed by atoms with van der Waals surface area (Å²) >= 11 is 0. The SMILES string of the molecule is CC=O.O=C(O)CC(=O)O. The van der Waals surface area contributed by atoms with Crippen LogP contribution in [0.15, 0.2) is 0 Å². The Morgan fingerprint density at radius 2 is 1.50 bits per heavy atom. The average Bonchev–Trinajstić information content (AvgIpc) is 1.62. The predicted molar refractivity (Wildman–Crippen MR) is 31.6 cm³/mol. The van der Waals surface area contributed by atoms with Gasteiger partial charge in [-0.15, -0.1) is 0 Å². The van der Waals surface area contributed by atoms with Gasteiger partial charge < -0.3 is 15.0 Å². The van der Waals surface area contributed by atoms with E-state index in [-0.39, 0.29) is 0 Å². The van der Waals surface area contributed by atoms with Crippen LogP contribution >= 0.6 is 0 Å². The molecule has 5 heteroatoms. The molecule has 0 aliphatic heterocycles. The molecular weight excluding hydrogens is 140 g/mol. The van der Waals surface area contributed by atoms with Gasteiger partial charge in [-0.05, 0) is 6.92 Å². The minimum atomic E-state index is -1.31. The second kappa shape index (κ2) is 7.61. The van der Waals surface area contributed by atoms with Gasteiger partial charge >= 0.3 is 11.9 Å². The quantitative estimate of drug-likeness (QED) is 0.416. The number of aliphatic carboxylic acids is 2. The van der Waals surface area contributed by atoms with E-state index in [4.69, 9.17) is 15.0 Å². The zero-order valence-corrected chi connectivity index (χ0v) is 5.40. The molecule has 0 saturated heterocycles. The molecule has 0 unspecified atom stereocenters. The Labute approximate surface area is 57.3 Å². The molecule has 0 aliphatic rings. The van der Waals surface area contributed by atoms with E-state index in [1.54, 1.807) is 0 Å².